The Morgan fingerprint density at radius 1 is 1.16 bits per heavy atom. The summed E-state index contributed by atoms with van der Waals surface area (Å²) < 4.78 is 0. The molecule has 5 rings (SSSR count). The molecule has 1 spiro atoms. The highest BCUT2D eigenvalue weighted by molar-refractivity contribution is 6.15. The van der Waals surface area contributed by atoms with Crippen molar-refractivity contribution in [3.8, 4) is 0 Å². The van der Waals surface area contributed by atoms with E-state index in [1.807, 2.05) is 26.0 Å². The first kappa shape index (κ1) is 20.2. The smallest absolute Gasteiger partial charge is 0.303 e. The minimum absolute atomic E-state index is 0.119. The van der Waals surface area contributed by atoms with Crippen molar-refractivity contribution in [1.29, 1.82) is 0 Å². The number of amides is 3. The summed E-state index contributed by atoms with van der Waals surface area (Å²) in [5, 5.41) is 15.5. The molecular weight excluding hydrogens is 398 g/mol. The van der Waals surface area contributed by atoms with Gasteiger partial charge in [0, 0.05) is 29.8 Å². The van der Waals surface area contributed by atoms with Gasteiger partial charge in [-0.2, -0.15) is 0 Å². The van der Waals surface area contributed by atoms with Crippen LogP contribution in [-0.4, -0.2) is 45.8 Å². The number of fused-ring (bicyclic) bond motifs is 4. The molecule has 1 aromatic carbocycles. The van der Waals surface area contributed by atoms with Crippen LogP contribution in [0.3, 0.4) is 0 Å². The standard InChI is InChI=1S/C23H27N3O5/c1-11-7-8-14-19(12(11)2)24-22(31)23(14)18-17(15(25-23)9-10-16(27)28)20(29)26(21(18)30)13-5-3-4-6-13/h7-8,13,15,17-18,25H,3-6,9-10H2,1-2H3,(H,24,31)(H,27,28)/t15?,17-,18+,23?/m1/s1. The first-order chi connectivity index (χ1) is 14.8. The number of hydrogen-bond acceptors (Lipinski definition) is 5. The molecule has 4 atom stereocenters. The van der Waals surface area contributed by atoms with Crippen molar-refractivity contribution in [2.75, 3.05) is 5.32 Å². The van der Waals surface area contributed by atoms with Crippen molar-refractivity contribution in [3.63, 3.8) is 0 Å². The van der Waals surface area contributed by atoms with Crippen LogP contribution >= 0.6 is 0 Å². The average molecular weight is 425 g/mol. The third-order valence-corrected chi connectivity index (χ3v) is 7.81. The van der Waals surface area contributed by atoms with Crippen LogP contribution in [0.25, 0.3) is 0 Å². The lowest BCUT2D eigenvalue weighted by Crippen LogP contribution is -2.54. The molecule has 1 saturated carbocycles. The normalized spacial score (nSPS) is 32.1. The summed E-state index contributed by atoms with van der Waals surface area (Å²) in [7, 11) is 0. The molecule has 164 valence electrons. The van der Waals surface area contributed by atoms with E-state index in [1.54, 1.807) is 0 Å². The summed E-state index contributed by atoms with van der Waals surface area (Å²) in [5.41, 5.74) is 1.98. The molecule has 31 heavy (non-hydrogen) atoms. The molecule has 1 aliphatic carbocycles. The summed E-state index contributed by atoms with van der Waals surface area (Å²) in [6.07, 6.45) is 3.58. The number of nitrogens with zero attached hydrogens (tertiary/aromatic N) is 1. The summed E-state index contributed by atoms with van der Waals surface area (Å²) >= 11 is 0. The maximum Gasteiger partial charge on any atom is 0.303 e. The quantitative estimate of drug-likeness (QED) is 0.634. The second kappa shape index (κ2) is 6.88. The maximum absolute atomic E-state index is 13.7. The second-order valence-electron chi connectivity index (χ2n) is 9.36. The highest BCUT2D eigenvalue weighted by atomic mass is 16.4. The number of carbonyl (C=O) groups is 4. The molecule has 2 saturated heterocycles. The third-order valence-electron chi connectivity index (χ3n) is 7.81. The Kier molecular flexibility index (Phi) is 4.48. The summed E-state index contributed by atoms with van der Waals surface area (Å²) in [5.74, 6) is -3.45. The van der Waals surface area contributed by atoms with E-state index in [1.165, 1.54) is 4.90 Å². The minimum atomic E-state index is -1.35. The number of nitrogens with one attached hydrogen (secondary N) is 2. The van der Waals surface area contributed by atoms with Crippen molar-refractivity contribution in [2.24, 2.45) is 11.8 Å². The molecule has 0 radical (unpaired) electrons. The van der Waals surface area contributed by atoms with Gasteiger partial charge in [-0.25, -0.2) is 0 Å². The van der Waals surface area contributed by atoms with Gasteiger partial charge in [-0.15, -0.1) is 0 Å². The summed E-state index contributed by atoms with van der Waals surface area (Å²) in [6, 6.07) is 3.11. The number of carboxylic acid groups (broad SMARTS) is 1. The van der Waals surface area contributed by atoms with E-state index in [0.29, 0.717) is 11.3 Å². The lowest BCUT2D eigenvalue weighted by atomic mass is 9.76. The first-order valence-electron chi connectivity index (χ1n) is 11.1. The van der Waals surface area contributed by atoms with Crippen molar-refractivity contribution < 1.29 is 24.3 Å². The number of aliphatic carboxylic acids is 1. The molecule has 2 unspecified atom stereocenters. The molecule has 3 N–H and O–H groups in total. The van der Waals surface area contributed by atoms with E-state index in [4.69, 9.17) is 0 Å². The Morgan fingerprint density at radius 3 is 2.55 bits per heavy atom. The zero-order chi connectivity index (χ0) is 22.1. The van der Waals surface area contributed by atoms with Crippen molar-refractivity contribution >= 4 is 29.4 Å². The van der Waals surface area contributed by atoms with Gasteiger partial charge >= 0.3 is 5.97 Å². The Bertz CT molecular complexity index is 1010. The average Bonchev–Trinajstić information content (AvgIpc) is 3.46. The minimum Gasteiger partial charge on any atom is -0.481 e. The van der Waals surface area contributed by atoms with Crippen LogP contribution in [0.2, 0.25) is 0 Å². The van der Waals surface area contributed by atoms with Crippen molar-refractivity contribution in [1.82, 2.24) is 10.2 Å². The first-order valence-corrected chi connectivity index (χ1v) is 11.1. The fraction of sp³-hybridized carbons (Fsp3) is 0.565. The zero-order valence-corrected chi connectivity index (χ0v) is 17.7. The van der Waals surface area contributed by atoms with Crippen LogP contribution in [0.15, 0.2) is 12.1 Å². The second-order valence-corrected chi connectivity index (χ2v) is 9.36. The largest absolute Gasteiger partial charge is 0.481 e. The molecule has 0 aromatic heterocycles. The number of anilines is 1. The molecular formula is C23H27N3O5. The molecule has 4 aliphatic rings. The molecule has 3 amide bonds. The van der Waals surface area contributed by atoms with Crippen LogP contribution in [0.5, 0.6) is 0 Å². The van der Waals surface area contributed by atoms with Crippen LogP contribution in [0.4, 0.5) is 5.69 Å². The van der Waals surface area contributed by atoms with Gasteiger partial charge in [0.05, 0.1) is 11.8 Å². The highest BCUT2D eigenvalue weighted by Crippen LogP contribution is 2.55. The van der Waals surface area contributed by atoms with Gasteiger partial charge in [-0.3, -0.25) is 29.4 Å². The van der Waals surface area contributed by atoms with Crippen LogP contribution in [0.1, 0.15) is 55.2 Å². The van der Waals surface area contributed by atoms with Gasteiger partial charge in [0.25, 0.3) is 0 Å². The summed E-state index contributed by atoms with van der Waals surface area (Å²) in [6.45, 7) is 3.88. The van der Waals surface area contributed by atoms with E-state index in [9.17, 15) is 24.3 Å². The van der Waals surface area contributed by atoms with Crippen LogP contribution in [0, 0.1) is 25.7 Å². The lowest BCUT2D eigenvalue weighted by molar-refractivity contribution is -0.145. The fourth-order valence-corrected chi connectivity index (χ4v) is 6.19. The fourth-order valence-electron chi connectivity index (χ4n) is 6.19. The van der Waals surface area contributed by atoms with E-state index >= 15 is 0 Å². The van der Waals surface area contributed by atoms with E-state index in [0.717, 1.165) is 36.8 Å². The van der Waals surface area contributed by atoms with Gasteiger partial charge in [-0.05, 0) is 44.2 Å². The number of rotatable bonds is 4. The number of likely N-dealkylation sites (tertiary alicyclic amines) is 1. The van der Waals surface area contributed by atoms with Crippen LogP contribution in [-0.2, 0) is 24.7 Å². The molecule has 3 fully saturated rings. The summed E-state index contributed by atoms with van der Waals surface area (Å²) in [4.78, 5) is 53.3. The molecule has 8 nitrogen and oxygen atoms in total. The monoisotopic (exact) mass is 425 g/mol. The van der Waals surface area contributed by atoms with Crippen molar-refractivity contribution in [3.05, 3.63) is 28.8 Å². The van der Waals surface area contributed by atoms with Crippen LogP contribution < -0.4 is 10.6 Å². The zero-order valence-electron chi connectivity index (χ0n) is 17.7. The highest BCUT2D eigenvalue weighted by Gasteiger charge is 2.71. The van der Waals surface area contributed by atoms with Gasteiger partial charge in [0.15, 0.2) is 0 Å². The molecule has 1 aromatic rings. The van der Waals surface area contributed by atoms with E-state index < -0.39 is 29.4 Å². The number of aryl methyl sites for hydroxylation is 1. The Hall–Kier alpha value is -2.74. The van der Waals surface area contributed by atoms with Gasteiger partial charge < -0.3 is 10.4 Å². The predicted octanol–water partition coefficient (Wildman–Crippen LogP) is 1.83. The SMILES string of the molecule is Cc1ccc2c(c1C)NC(=O)C21NC(CCC(=O)O)[C@H]2C(=O)N(C3CCCC3)C(=O)[C@H]21. The van der Waals surface area contributed by atoms with Crippen molar-refractivity contribution in [2.45, 2.75) is 70.0 Å². The number of benzene rings is 1. The number of hydrogen-bond donors (Lipinski definition) is 3. The molecule has 3 heterocycles. The topological polar surface area (TPSA) is 116 Å². The van der Waals surface area contributed by atoms with Gasteiger partial charge in [0.2, 0.25) is 17.7 Å². The number of carbonyl (C=O) groups excluding carboxylic acids is 3. The number of carboxylic acids is 1. The molecule has 8 heteroatoms. The van der Waals surface area contributed by atoms with E-state index in [-0.39, 0.29) is 36.6 Å². The third kappa shape index (κ3) is 2.63. The Morgan fingerprint density at radius 2 is 1.87 bits per heavy atom. The maximum atomic E-state index is 13.7. The van der Waals surface area contributed by atoms with Gasteiger partial charge in [-0.1, -0.05) is 25.0 Å². The lowest BCUT2D eigenvalue weighted by Gasteiger charge is -2.31. The number of imide groups is 1. The Labute approximate surface area is 180 Å². The predicted molar refractivity (Wildman–Crippen MR) is 111 cm³/mol. The molecule has 0 bridgehead atoms. The van der Waals surface area contributed by atoms with E-state index in [2.05, 4.69) is 10.6 Å². The Balaban J connectivity index is 1.63. The molecule has 3 aliphatic heterocycles. The van der Waals surface area contributed by atoms with Gasteiger partial charge in [0.1, 0.15) is 5.54 Å².